The number of anilines is 3. The van der Waals surface area contributed by atoms with Crippen LogP contribution in [0.1, 0.15) is 36.1 Å². The van der Waals surface area contributed by atoms with Gasteiger partial charge in [-0.2, -0.15) is 9.36 Å². The average Bonchev–Trinajstić information content (AvgIpc) is 3.47. The molecular formula is C22H28N6O2S2. The van der Waals surface area contributed by atoms with E-state index in [1.54, 1.807) is 11.3 Å². The van der Waals surface area contributed by atoms with Crippen molar-refractivity contribution in [2.75, 3.05) is 43.5 Å². The van der Waals surface area contributed by atoms with E-state index < -0.39 is 0 Å². The zero-order valence-corrected chi connectivity index (χ0v) is 19.6. The lowest BCUT2D eigenvalue weighted by molar-refractivity contribution is 0.00791. The molecule has 8 nitrogen and oxygen atoms in total. The molecule has 1 saturated heterocycles. The van der Waals surface area contributed by atoms with E-state index in [1.807, 2.05) is 11.6 Å². The van der Waals surface area contributed by atoms with Gasteiger partial charge in [0.25, 0.3) is 0 Å². The first-order valence-corrected chi connectivity index (χ1v) is 13.1. The first kappa shape index (κ1) is 20.7. The first-order chi connectivity index (χ1) is 15.8. The third-order valence-electron chi connectivity index (χ3n) is 6.75. The van der Waals surface area contributed by atoms with Crippen molar-refractivity contribution in [1.29, 1.82) is 0 Å². The largest absolute Gasteiger partial charge is 0.379 e. The molecule has 0 unspecified atom stereocenters. The average molecular weight is 473 g/mol. The molecule has 0 atom stereocenters. The van der Waals surface area contributed by atoms with Crippen LogP contribution in [-0.4, -0.2) is 64.2 Å². The van der Waals surface area contributed by atoms with Crippen LogP contribution in [0.25, 0.3) is 10.2 Å². The van der Waals surface area contributed by atoms with Gasteiger partial charge >= 0.3 is 0 Å². The number of fused-ring (bicyclic) bond motifs is 3. The minimum Gasteiger partial charge on any atom is -0.379 e. The molecule has 0 bridgehead atoms. The van der Waals surface area contributed by atoms with Crippen molar-refractivity contribution in [3.8, 4) is 0 Å². The molecule has 1 saturated carbocycles. The van der Waals surface area contributed by atoms with Crippen molar-refractivity contribution in [3.05, 3.63) is 22.0 Å². The van der Waals surface area contributed by atoms with Crippen LogP contribution < -0.4 is 10.6 Å². The van der Waals surface area contributed by atoms with Crippen LogP contribution in [0.15, 0.2) is 11.6 Å². The van der Waals surface area contributed by atoms with Gasteiger partial charge in [0.05, 0.1) is 43.7 Å². The van der Waals surface area contributed by atoms with Crippen molar-refractivity contribution < 1.29 is 9.47 Å². The van der Waals surface area contributed by atoms with E-state index in [4.69, 9.17) is 19.4 Å². The number of hydrogen-bond acceptors (Lipinski definition) is 10. The molecule has 170 valence electrons. The van der Waals surface area contributed by atoms with Gasteiger partial charge in [-0.3, -0.25) is 4.90 Å². The summed E-state index contributed by atoms with van der Waals surface area (Å²) in [4.78, 5) is 14.7. The lowest BCUT2D eigenvalue weighted by atomic mass is 9.90. The third kappa shape index (κ3) is 4.22. The normalized spacial score (nSPS) is 24.4. The van der Waals surface area contributed by atoms with Gasteiger partial charge in [0.2, 0.25) is 5.95 Å². The van der Waals surface area contributed by atoms with E-state index in [-0.39, 0.29) is 0 Å². The van der Waals surface area contributed by atoms with Gasteiger partial charge in [0, 0.05) is 35.4 Å². The molecule has 0 radical (unpaired) electrons. The highest BCUT2D eigenvalue weighted by molar-refractivity contribution is 7.19. The van der Waals surface area contributed by atoms with Crippen molar-refractivity contribution in [3.63, 3.8) is 0 Å². The molecule has 3 aromatic heterocycles. The lowest BCUT2D eigenvalue weighted by Gasteiger charge is -2.39. The quantitative estimate of drug-likeness (QED) is 0.576. The second kappa shape index (κ2) is 9.18. The van der Waals surface area contributed by atoms with E-state index >= 15 is 0 Å². The van der Waals surface area contributed by atoms with Crippen LogP contribution in [0, 0.1) is 0 Å². The number of hydrogen-bond donors (Lipinski definition) is 2. The van der Waals surface area contributed by atoms with Gasteiger partial charge in [0.15, 0.2) is 0 Å². The Morgan fingerprint density at radius 3 is 2.72 bits per heavy atom. The number of ether oxygens (including phenoxy) is 2. The number of nitrogens with one attached hydrogen (secondary N) is 2. The Balaban J connectivity index is 1.24. The number of morpholine rings is 1. The third-order valence-corrected chi connectivity index (χ3v) is 8.44. The standard InChI is InChI=1S/C22H28N6O2S2/c1-3-16(28-6-9-29-10-7-28)4-2-14(1)24-20-19-17-5-8-30-12-18(17)32-21(19)27-22(26-20)25-15-11-23-31-13-15/h11,13-14,16H,1-10,12H2,(H2,24,25,26,27)/t14-,16-. The Kier molecular flexibility index (Phi) is 5.95. The molecule has 0 amide bonds. The molecule has 2 N–H and O–H groups in total. The maximum atomic E-state index is 5.71. The smallest absolute Gasteiger partial charge is 0.230 e. The van der Waals surface area contributed by atoms with E-state index in [1.165, 1.54) is 53.0 Å². The zero-order valence-electron chi connectivity index (χ0n) is 18.0. The van der Waals surface area contributed by atoms with Crippen LogP contribution in [0.2, 0.25) is 0 Å². The minimum absolute atomic E-state index is 0.441. The number of thiophene rings is 1. The molecule has 5 heterocycles. The predicted molar refractivity (Wildman–Crippen MR) is 128 cm³/mol. The van der Waals surface area contributed by atoms with Crippen LogP contribution in [0.5, 0.6) is 0 Å². The van der Waals surface area contributed by atoms with E-state index in [9.17, 15) is 0 Å². The molecule has 2 aliphatic heterocycles. The summed E-state index contributed by atoms with van der Waals surface area (Å²) >= 11 is 3.15. The highest BCUT2D eigenvalue weighted by atomic mass is 32.1. The highest BCUT2D eigenvalue weighted by Crippen LogP contribution is 2.39. The molecule has 3 aliphatic rings. The fourth-order valence-corrected chi connectivity index (χ4v) is 6.73. The van der Waals surface area contributed by atoms with Crippen molar-refractivity contribution >= 4 is 50.5 Å². The Bertz CT molecular complexity index is 1060. The van der Waals surface area contributed by atoms with Gasteiger partial charge in [0.1, 0.15) is 10.6 Å². The van der Waals surface area contributed by atoms with Gasteiger partial charge in [-0.1, -0.05) is 0 Å². The monoisotopic (exact) mass is 472 g/mol. The summed E-state index contributed by atoms with van der Waals surface area (Å²) in [5, 5.41) is 10.3. The Hall–Kier alpha value is -1.85. The molecule has 0 spiro atoms. The summed E-state index contributed by atoms with van der Waals surface area (Å²) in [6.07, 6.45) is 7.53. The van der Waals surface area contributed by atoms with E-state index in [0.29, 0.717) is 24.6 Å². The lowest BCUT2D eigenvalue weighted by Crippen LogP contribution is -2.46. The van der Waals surface area contributed by atoms with Crippen molar-refractivity contribution in [1.82, 2.24) is 19.2 Å². The van der Waals surface area contributed by atoms with E-state index in [0.717, 1.165) is 55.7 Å². The molecule has 6 rings (SSSR count). The molecule has 10 heteroatoms. The Morgan fingerprint density at radius 2 is 1.91 bits per heavy atom. The topological polar surface area (TPSA) is 84.4 Å². The maximum absolute atomic E-state index is 5.71. The number of nitrogens with zero attached hydrogens (tertiary/aromatic N) is 4. The molecule has 0 aromatic carbocycles. The summed E-state index contributed by atoms with van der Waals surface area (Å²) in [7, 11) is 0. The van der Waals surface area contributed by atoms with Crippen LogP contribution in [0.3, 0.4) is 0 Å². The molecule has 2 fully saturated rings. The first-order valence-electron chi connectivity index (χ1n) is 11.5. The van der Waals surface area contributed by atoms with E-state index in [2.05, 4.69) is 19.9 Å². The second-order valence-electron chi connectivity index (χ2n) is 8.72. The zero-order chi connectivity index (χ0) is 21.3. The van der Waals surface area contributed by atoms with Gasteiger partial charge in [-0.05, 0) is 49.2 Å². The summed E-state index contributed by atoms with van der Waals surface area (Å²) in [6.45, 7) is 5.34. The predicted octanol–water partition coefficient (Wildman–Crippen LogP) is 4.02. The van der Waals surface area contributed by atoms with Crippen LogP contribution in [-0.2, 0) is 22.5 Å². The van der Waals surface area contributed by atoms with Gasteiger partial charge in [-0.25, -0.2) is 4.98 Å². The van der Waals surface area contributed by atoms with Crippen molar-refractivity contribution in [2.24, 2.45) is 0 Å². The van der Waals surface area contributed by atoms with Gasteiger partial charge < -0.3 is 20.1 Å². The maximum Gasteiger partial charge on any atom is 0.230 e. The fourth-order valence-electron chi connectivity index (χ4n) is 5.10. The molecule has 3 aromatic rings. The summed E-state index contributed by atoms with van der Waals surface area (Å²) in [5.74, 6) is 1.59. The molecular weight excluding hydrogens is 444 g/mol. The molecule has 1 aliphatic carbocycles. The number of aromatic nitrogens is 3. The SMILES string of the molecule is c1nscc1Nc1nc(N[C@H]2CC[C@H](N3CCOCC3)CC2)c2c3c(sc2n1)COCC3. The Morgan fingerprint density at radius 1 is 1.03 bits per heavy atom. The molecule has 32 heavy (non-hydrogen) atoms. The fraction of sp³-hybridized carbons (Fsp3) is 0.591. The number of rotatable bonds is 5. The van der Waals surface area contributed by atoms with Gasteiger partial charge in [-0.15, -0.1) is 11.3 Å². The Labute approximate surface area is 195 Å². The highest BCUT2D eigenvalue weighted by Gasteiger charge is 2.28. The summed E-state index contributed by atoms with van der Waals surface area (Å²) in [5.41, 5.74) is 2.29. The summed E-state index contributed by atoms with van der Waals surface area (Å²) < 4.78 is 15.4. The van der Waals surface area contributed by atoms with Crippen LogP contribution in [0.4, 0.5) is 17.5 Å². The van der Waals surface area contributed by atoms with Crippen molar-refractivity contribution in [2.45, 2.75) is 50.8 Å². The van der Waals surface area contributed by atoms with Crippen LogP contribution >= 0.6 is 22.9 Å². The minimum atomic E-state index is 0.441. The summed E-state index contributed by atoms with van der Waals surface area (Å²) in [6, 6.07) is 1.13. The second-order valence-corrected chi connectivity index (χ2v) is 10.5.